The molecule has 0 saturated heterocycles. The van der Waals surface area contributed by atoms with E-state index in [0.717, 1.165) is 12.1 Å². The topological polar surface area (TPSA) is 58.2 Å². The highest BCUT2D eigenvalue weighted by atomic mass is 35.5. The van der Waals surface area contributed by atoms with Gasteiger partial charge < -0.3 is 10.6 Å². The summed E-state index contributed by atoms with van der Waals surface area (Å²) in [7, 11) is 0. The summed E-state index contributed by atoms with van der Waals surface area (Å²) >= 11 is 29.9. The van der Waals surface area contributed by atoms with Crippen molar-refractivity contribution in [1.29, 1.82) is 0 Å². The van der Waals surface area contributed by atoms with Gasteiger partial charge >= 0.3 is 6.18 Å². The van der Waals surface area contributed by atoms with Crippen molar-refractivity contribution in [2.45, 2.75) is 16.4 Å². The Morgan fingerprint density at radius 2 is 1.69 bits per heavy atom. The van der Waals surface area contributed by atoms with Gasteiger partial charge in [-0.1, -0.05) is 34.8 Å². The molecule has 0 aromatic heterocycles. The number of anilines is 1. The predicted octanol–water partition coefficient (Wildman–Crippen LogP) is 6.60. The average molecular weight is 553 g/mol. The van der Waals surface area contributed by atoms with Crippen molar-refractivity contribution < 1.29 is 27.2 Å². The lowest BCUT2D eigenvalue weighted by Crippen LogP contribution is -2.33. The first-order valence-electron chi connectivity index (χ1n) is 8.70. The summed E-state index contributed by atoms with van der Waals surface area (Å²) in [6.07, 6.45) is -4.61. The molecule has 2 atom stereocenters. The summed E-state index contributed by atoms with van der Waals surface area (Å²) in [5, 5.41) is 3.67. The van der Waals surface area contributed by atoms with Crippen LogP contribution in [0, 0.1) is 11.7 Å². The van der Waals surface area contributed by atoms with E-state index >= 15 is 0 Å². The zero-order valence-corrected chi connectivity index (χ0v) is 19.2. The molecule has 0 spiro atoms. The molecule has 2 aromatic rings. The van der Waals surface area contributed by atoms with Crippen LogP contribution in [0.2, 0.25) is 15.1 Å². The molecule has 32 heavy (non-hydrogen) atoms. The lowest BCUT2D eigenvalue weighted by Gasteiger charge is -2.11. The monoisotopic (exact) mass is 550 g/mol. The first kappa shape index (κ1) is 25.2. The van der Waals surface area contributed by atoms with Crippen LogP contribution in [-0.4, -0.2) is 28.9 Å². The van der Waals surface area contributed by atoms with E-state index in [9.17, 15) is 27.2 Å². The van der Waals surface area contributed by atoms with E-state index in [0.29, 0.717) is 0 Å². The molecule has 2 aromatic carbocycles. The van der Waals surface area contributed by atoms with Gasteiger partial charge in [-0.3, -0.25) is 9.59 Å². The Morgan fingerprint density at radius 1 is 1.03 bits per heavy atom. The van der Waals surface area contributed by atoms with Crippen molar-refractivity contribution in [2.75, 3.05) is 11.9 Å². The smallest absolute Gasteiger partial charge is 0.343 e. The quantitative estimate of drug-likeness (QED) is 0.249. The lowest BCUT2D eigenvalue weighted by molar-refractivity contribution is -0.123. The number of benzene rings is 2. The van der Waals surface area contributed by atoms with Crippen LogP contribution >= 0.6 is 58.0 Å². The Hall–Kier alpha value is -1.45. The first-order chi connectivity index (χ1) is 14.7. The maximum absolute atomic E-state index is 13.9. The van der Waals surface area contributed by atoms with Gasteiger partial charge in [-0.05, 0) is 35.9 Å². The molecule has 3 rings (SSSR count). The Morgan fingerprint density at radius 3 is 2.28 bits per heavy atom. The van der Waals surface area contributed by atoms with Gasteiger partial charge in [-0.25, -0.2) is 4.39 Å². The zero-order chi connectivity index (χ0) is 24.0. The van der Waals surface area contributed by atoms with Crippen molar-refractivity contribution in [2.24, 2.45) is 5.92 Å². The van der Waals surface area contributed by atoms with Crippen molar-refractivity contribution in [3.05, 3.63) is 62.3 Å². The maximum atomic E-state index is 13.9. The van der Waals surface area contributed by atoms with Gasteiger partial charge in [0.05, 0.1) is 26.5 Å². The van der Waals surface area contributed by atoms with Gasteiger partial charge in [0.15, 0.2) is 0 Å². The number of rotatable bonds is 5. The van der Waals surface area contributed by atoms with E-state index in [1.54, 1.807) is 5.32 Å². The fourth-order valence-electron chi connectivity index (χ4n) is 3.10. The van der Waals surface area contributed by atoms with Crippen LogP contribution in [0.5, 0.6) is 0 Å². The summed E-state index contributed by atoms with van der Waals surface area (Å²) in [5.74, 6) is -4.38. The number of halogens is 9. The van der Waals surface area contributed by atoms with Crippen molar-refractivity contribution in [1.82, 2.24) is 5.32 Å². The number of carbonyl (C=O) groups is 2. The highest BCUT2D eigenvalue weighted by Crippen LogP contribution is 2.65. The largest absolute Gasteiger partial charge is 0.405 e. The number of amides is 2. The van der Waals surface area contributed by atoms with Gasteiger partial charge in [-0.2, -0.15) is 13.2 Å². The third-order valence-corrected chi connectivity index (χ3v) is 6.68. The molecule has 4 nitrogen and oxygen atoms in total. The van der Waals surface area contributed by atoms with Gasteiger partial charge in [0.1, 0.15) is 16.7 Å². The number of hydrogen-bond donors (Lipinski definition) is 2. The standard InChI is InChI=1S/C19H11Cl5F4N2O2/c20-10-2-1-8(5-9(10)16(31)29-6-18(26,27)28)30-17(32)14-13(19(14,23)24)7-3-11(21)15(22)12(25)4-7/h1-5,13-14H,6H2,(H,29,31)(H,30,32). The molecular formula is C19H11Cl5F4N2O2. The number of hydrogen-bond acceptors (Lipinski definition) is 2. The van der Waals surface area contributed by atoms with Gasteiger partial charge in [0.25, 0.3) is 5.91 Å². The van der Waals surface area contributed by atoms with E-state index in [4.69, 9.17) is 58.0 Å². The lowest BCUT2D eigenvalue weighted by atomic mass is 10.1. The molecule has 172 valence electrons. The molecule has 0 aliphatic heterocycles. The van der Waals surface area contributed by atoms with Crippen LogP contribution in [0.3, 0.4) is 0 Å². The highest BCUT2D eigenvalue weighted by Gasteiger charge is 2.67. The van der Waals surface area contributed by atoms with Gasteiger partial charge in [0, 0.05) is 11.6 Å². The van der Waals surface area contributed by atoms with E-state index in [-0.39, 0.29) is 31.9 Å². The molecular weight excluding hydrogens is 541 g/mol. The molecule has 0 bridgehead atoms. The van der Waals surface area contributed by atoms with Crippen LogP contribution in [0.1, 0.15) is 21.8 Å². The highest BCUT2D eigenvalue weighted by molar-refractivity contribution is 6.53. The van der Waals surface area contributed by atoms with E-state index in [2.05, 4.69) is 5.32 Å². The van der Waals surface area contributed by atoms with Crippen LogP contribution in [0.25, 0.3) is 0 Å². The van der Waals surface area contributed by atoms with E-state index < -0.39 is 46.5 Å². The fraction of sp³-hybridized carbons (Fsp3) is 0.263. The Bertz CT molecular complexity index is 1070. The van der Waals surface area contributed by atoms with Gasteiger partial charge in [0.2, 0.25) is 5.91 Å². The molecule has 2 N–H and O–H groups in total. The van der Waals surface area contributed by atoms with E-state index in [1.165, 1.54) is 18.2 Å². The van der Waals surface area contributed by atoms with Crippen LogP contribution in [-0.2, 0) is 4.79 Å². The summed E-state index contributed by atoms with van der Waals surface area (Å²) in [5.41, 5.74) is 0.0349. The van der Waals surface area contributed by atoms with Crippen LogP contribution < -0.4 is 10.6 Å². The zero-order valence-electron chi connectivity index (χ0n) is 15.5. The normalized spacial score (nSPS) is 19.4. The van der Waals surface area contributed by atoms with Crippen LogP contribution in [0.15, 0.2) is 30.3 Å². The summed E-state index contributed by atoms with van der Waals surface area (Å²) in [4.78, 5) is 24.7. The molecule has 2 amide bonds. The minimum absolute atomic E-state index is 0.0617. The second-order valence-corrected chi connectivity index (χ2v) is 9.55. The second-order valence-electron chi connectivity index (χ2n) is 6.91. The molecule has 2 unspecified atom stereocenters. The van der Waals surface area contributed by atoms with Crippen molar-refractivity contribution in [3.8, 4) is 0 Å². The third kappa shape index (κ3) is 5.37. The summed E-state index contributed by atoms with van der Waals surface area (Å²) in [6, 6.07) is 6.08. The third-order valence-electron chi connectivity index (χ3n) is 4.63. The van der Waals surface area contributed by atoms with Gasteiger partial charge in [-0.15, -0.1) is 23.2 Å². The Balaban J connectivity index is 1.77. The molecule has 1 aliphatic carbocycles. The molecule has 1 aliphatic rings. The predicted molar refractivity (Wildman–Crippen MR) is 116 cm³/mol. The number of alkyl halides is 5. The Labute approximate surface area is 204 Å². The average Bonchev–Trinajstić information content (AvgIpc) is 3.27. The summed E-state index contributed by atoms with van der Waals surface area (Å²) in [6.45, 7) is -1.55. The summed E-state index contributed by atoms with van der Waals surface area (Å²) < 4.78 is 49.3. The molecule has 13 heteroatoms. The van der Waals surface area contributed by atoms with E-state index in [1.807, 2.05) is 0 Å². The number of carbonyl (C=O) groups excluding carboxylic acids is 2. The minimum atomic E-state index is -4.61. The maximum Gasteiger partial charge on any atom is 0.405 e. The molecule has 0 radical (unpaired) electrons. The Kier molecular flexibility index (Phi) is 7.13. The molecule has 0 heterocycles. The SMILES string of the molecule is O=C(NCC(F)(F)F)c1cc(NC(=O)C2C(c3cc(F)c(Cl)c(Cl)c3)C2(Cl)Cl)ccc1Cl. The fourth-order valence-corrected chi connectivity index (χ4v) is 4.45. The number of nitrogens with one attached hydrogen (secondary N) is 2. The second kappa shape index (κ2) is 9.06. The van der Waals surface area contributed by atoms with Crippen LogP contribution in [0.4, 0.5) is 23.2 Å². The van der Waals surface area contributed by atoms with Crippen molar-refractivity contribution in [3.63, 3.8) is 0 Å². The first-order valence-corrected chi connectivity index (χ1v) is 10.6. The molecule has 1 fully saturated rings. The minimum Gasteiger partial charge on any atom is -0.343 e. The molecule has 1 saturated carbocycles. The van der Waals surface area contributed by atoms with Crippen molar-refractivity contribution >= 4 is 75.5 Å².